The van der Waals surface area contributed by atoms with Crippen LogP contribution >= 0.6 is 67.8 Å². The highest BCUT2D eigenvalue weighted by molar-refractivity contribution is 14.1. The van der Waals surface area contributed by atoms with Crippen LogP contribution in [0.2, 0.25) is 0 Å². The van der Waals surface area contributed by atoms with Crippen molar-refractivity contribution < 1.29 is 14.6 Å². The molecule has 114 valence electrons. The van der Waals surface area contributed by atoms with Crippen molar-refractivity contribution in [1.29, 1.82) is 0 Å². The molecule has 10 heteroatoms. The van der Waals surface area contributed by atoms with Crippen molar-refractivity contribution in [2.45, 2.75) is 0 Å². The number of ether oxygens (including phenoxy) is 1. The quantitative estimate of drug-likeness (QED) is 0.264. The molecule has 0 unspecified atom stereocenters. The van der Waals surface area contributed by atoms with E-state index in [-0.39, 0.29) is 11.4 Å². The number of nitro benzene ring substituents is 2. The molecule has 0 N–H and O–H groups in total. The van der Waals surface area contributed by atoms with Gasteiger partial charge in [0.2, 0.25) is 0 Å². The molecular weight excluding hydrogens is 633 g/mol. The SMILES string of the molecule is O=[N+]([O-])c1ccc(Oc2c(I)cc([N+](=O)[O-])cc2I)c(I)c1. The standard InChI is InChI=1S/C12H5I3N2O5/c13-8-3-6(16(18)19)1-2-11(8)22-12-9(14)4-7(17(20)21)5-10(12)15/h1-5H. The van der Waals surface area contributed by atoms with Crippen LogP contribution in [0.4, 0.5) is 11.4 Å². The molecule has 7 nitrogen and oxygen atoms in total. The van der Waals surface area contributed by atoms with Crippen LogP contribution in [0.5, 0.6) is 11.5 Å². The average Bonchev–Trinajstić information content (AvgIpc) is 2.43. The Labute approximate surface area is 165 Å². The van der Waals surface area contributed by atoms with Gasteiger partial charge in [0.25, 0.3) is 11.4 Å². The summed E-state index contributed by atoms with van der Waals surface area (Å²) in [5.74, 6) is 0.939. The van der Waals surface area contributed by atoms with Gasteiger partial charge in [-0.05, 0) is 73.8 Å². The Morgan fingerprint density at radius 3 is 1.77 bits per heavy atom. The van der Waals surface area contributed by atoms with Gasteiger partial charge >= 0.3 is 0 Å². The molecule has 0 saturated carbocycles. The molecule has 2 aromatic rings. The van der Waals surface area contributed by atoms with Gasteiger partial charge in [0.05, 0.1) is 20.6 Å². The highest BCUT2D eigenvalue weighted by Gasteiger charge is 2.17. The first-order chi connectivity index (χ1) is 10.3. The van der Waals surface area contributed by atoms with E-state index in [1.165, 1.54) is 30.3 Å². The summed E-state index contributed by atoms with van der Waals surface area (Å²) in [6, 6.07) is 7.09. The van der Waals surface area contributed by atoms with Gasteiger partial charge < -0.3 is 4.74 Å². The van der Waals surface area contributed by atoms with Gasteiger partial charge in [-0.3, -0.25) is 20.2 Å². The van der Waals surface area contributed by atoms with Crippen molar-refractivity contribution in [1.82, 2.24) is 0 Å². The van der Waals surface area contributed by atoms with Gasteiger partial charge in [0.15, 0.2) is 5.75 Å². The lowest BCUT2D eigenvalue weighted by atomic mass is 10.3. The second-order valence-corrected chi connectivity index (χ2v) is 7.46. The molecule has 0 aliphatic rings. The van der Waals surface area contributed by atoms with Gasteiger partial charge in [-0.15, -0.1) is 0 Å². The van der Waals surface area contributed by atoms with Crippen molar-refractivity contribution in [2.24, 2.45) is 0 Å². The van der Waals surface area contributed by atoms with Crippen molar-refractivity contribution in [2.75, 3.05) is 0 Å². The predicted molar refractivity (Wildman–Crippen MR) is 104 cm³/mol. The first kappa shape index (κ1) is 17.6. The zero-order valence-electron chi connectivity index (χ0n) is 10.5. The van der Waals surface area contributed by atoms with E-state index in [0.717, 1.165) is 0 Å². The summed E-state index contributed by atoms with van der Waals surface area (Å²) in [4.78, 5) is 20.6. The van der Waals surface area contributed by atoms with E-state index >= 15 is 0 Å². The third-order valence-electron chi connectivity index (χ3n) is 2.53. The van der Waals surface area contributed by atoms with Gasteiger partial charge in [-0.2, -0.15) is 0 Å². The maximum Gasteiger partial charge on any atom is 0.271 e. The zero-order chi connectivity index (χ0) is 16.4. The third-order valence-corrected chi connectivity index (χ3v) is 4.98. The third kappa shape index (κ3) is 3.95. The van der Waals surface area contributed by atoms with Gasteiger partial charge in [0.1, 0.15) is 5.75 Å². The molecule has 22 heavy (non-hydrogen) atoms. The lowest BCUT2D eigenvalue weighted by molar-refractivity contribution is -0.385. The summed E-state index contributed by atoms with van der Waals surface area (Å²) in [7, 11) is 0. The van der Waals surface area contributed by atoms with Crippen molar-refractivity contribution in [3.8, 4) is 11.5 Å². The van der Waals surface area contributed by atoms with Crippen LogP contribution in [0.15, 0.2) is 30.3 Å². The van der Waals surface area contributed by atoms with Crippen LogP contribution in [0.1, 0.15) is 0 Å². The maximum atomic E-state index is 10.8. The van der Waals surface area contributed by atoms with Crippen LogP contribution in [0.3, 0.4) is 0 Å². The fraction of sp³-hybridized carbons (Fsp3) is 0. The molecule has 2 aromatic carbocycles. The smallest absolute Gasteiger partial charge is 0.271 e. The van der Waals surface area contributed by atoms with E-state index in [2.05, 4.69) is 0 Å². The second-order valence-electron chi connectivity index (χ2n) is 3.97. The van der Waals surface area contributed by atoms with Gasteiger partial charge in [-0.1, -0.05) is 0 Å². The molecule has 0 bridgehead atoms. The molecule has 0 radical (unpaired) electrons. The van der Waals surface area contributed by atoms with E-state index in [1.54, 1.807) is 0 Å². The Morgan fingerprint density at radius 1 is 0.818 bits per heavy atom. The monoisotopic (exact) mass is 638 g/mol. The highest BCUT2D eigenvalue weighted by atomic mass is 127. The number of halogens is 3. The minimum atomic E-state index is -0.481. The Kier molecular flexibility index (Phi) is 5.76. The number of rotatable bonds is 4. The number of nitro groups is 2. The van der Waals surface area contributed by atoms with Gasteiger partial charge in [0, 0.05) is 24.3 Å². The van der Waals surface area contributed by atoms with Crippen LogP contribution in [0, 0.1) is 30.9 Å². The predicted octanol–water partition coefficient (Wildman–Crippen LogP) is 5.11. The van der Waals surface area contributed by atoms with Crippen molar-refractivity contribution >= 4 is 79.1 Å². The normalized spacial score (nSPS) is 10.3. The summed E-state index contributed by atoms with van der Waals surface area (Å²) in [5, 5.41) is 21.6. The molecule has 0 heterocycles. The average molecular weight is 638 g/mol. The minimum Gasteiger partial charge on any atom is -0.454 e. The Balaban J connectivity index is 2.39. The first-order valence-corrected chi connectivity index (χ1v) is 8.78. The van der Waals surface area contributed by atoms with E-state index in [9.17, 15) is 20.2 Å². The summed E-state index contributed by atoms with van der Waals surface area (Å²) < 4.78 is 7.53. The fourth-order valence-electron chi connectivity index (χ4n) is 1.55. The number of hydrogen-bond donors (Lipinski definition) is 0. The van der Waals surface area contributed by atoms with Gasteiger partial charge in [-0.25, -0.2) is 0 Å². The van der Waals surface area contributed by atoms with E-state index in [1.807, 2.05) is 67.8 Å². The number of hydrogen-bond acceptors (Lipinski definition) is 5. The molecule has 0 aromatic heterocycles. The maximum absolute atomic E-state index is 10.8. The molecule has 0 aliphatic carbocycles. The molecule has 0 aliphatic heterocycles. The van der Waals surface area contributed by atoms with E-state index < -0.39 is 9.85 Å². The second kappa shape index (κ2) is 7.20. The minimum absolute atomic E-state index is 0.0143. The molecule has 0 amide bonds. The van der Waals surface area contributed by atoms with Crippen LogP contribution in [-0.4, -0.2) is 9.85 Å². The number of non-ortho nitro benzene ring substituents is 2. The topological polar surface area (TPSA) is 95.5 Å². The van der Waals surface area contributed by atoms with Crippen LogP contribution < -0.4 is 4.74 Å². The van der Waals surface area contributed by atoms with Crippen LogP contribution in [-0.2, 0) is 0 Å². The fourth-order valence-corrected chi connectivity index (χ4v) is 4.11. The Morgan fingerprint density at radius 2 is 1.32 bits per heavy atom. The molecule has 2 rings (SSSR count). The highest BCUT2D eigenvalue weighted by Crippen LogP contribution is 2.37. The largest absolute Gasteiger partial charge is 0.454 e. The van der Waals surface area contributed by atoms with Crippen molar-refractivity contribution in [3.63, 3.8) is 0 Å². The molecular formula is C12H5I3N2O5. The Hall–Kier alpha value is -0.770. The number of nitrogens with zero attached hydrogens (tertiary/aromatic N) is 2. The van der Waals surface area contributed by atoms with Crippen molar-refractivity contribution in [3.05, 3.63) is 61.3 Å². The lowest BCUT2D eigenvalue weighted by Crippen LogP contribution is -1.97. The first-order valence-electron chi connectivity index (χ1n) is 5.55. The Bertz CT molecular complexity index is 758. The summed E-state index contributed by atoms with van der Waals surface area (Å²) >= 11 is 5.86. The molecule has 0 atom stereocenters. The number of benzene rings is 2. The van der Waals surface area contributed by atoms with Crippen LogP contribution in [0.25, 0.3) is 0 Å². The molecule has 0 saturated heterocycles. The summed E-state index contributed by atoms with van der Waals surface area (Å²) in [6.45, 7) is 0. The summed E-state index contributed by atoms with van der Waals surface area (Å²) in [6.07, 6.45) is 0. The zero-order valence-corrected chi connectivity index (χ0v) is 16.9. The molecule has 0 spiro atoms. The lowest BCUT2D eigenvalue weighted by Gasteiger charge is -2.11. The van der Waals surface area contributed by atoms with E-state index in [0.29, 0.717) is 22.2 Å². The molecule has 0 fully saturated rings. The summed E-state index contributed by atoms with van der Waals surface area (Å²) in [5.41, 5.74) is -0.0376. The van der Waals surface area contributed by atoms with E-state index in [4.69, 9.17) is 4.74 Å².